The molecule has 1 N–H and O–H groups in total. The molecule has 254 valence electrons. The van der Waals surface area contributed by atoms with E-state index >= 15 is 0 Å². The van der Waals surface area contributed by atoms with E-state index in [0.717, 1.165) is 52.2 Å². The summed E-state index contributed by atoms with van der Waals surface area (Å²) in [5.41, 5.74) is 0.441. The number of hydrogen-bond acceptors (Lipinski definition) is 8. The van der Waals surface area contributed by atoms with Gasteiger partial charge in [0.2, 0.25) is 0 Å². The molecule has 8 aliphatic rings. The minimum Gasteiger partial charge on any atom is -0.390 e. The fourth-order valence-corrected chi connectivity index (χ4v) is 13.6. The van der Waals surface area contributed by atoms with Crippen molar-refractivity contribution in [3.05, 3.63) is 0 Å². The maximum Gasteiger partial charge on any atom is 0.274 e. The summed E-state index contributed by atoms with van der Waals surface area (Å²) in [6, 6.07) is 0.517. The number of ether oxygens (including phenoxy) is 4. The van der Waals surface area contributed by atoms with E-state index in [0.29, 0.717) is 35.6 Å². The third-order valence-corrected chi connectivity index (χ3v) is 16.1. The Morgan fingerprint density at radius 3 is 2.47 bits per heavy atom. The van der Waals surface area contributed by atoms with Crippen LogP contribution in [0.1, 0.15) is 86.0 Å². The maximum atomic E-state index is 13.1. The molecule has 3 saturated heterocycles. The summed E-state index contributed by atoms with van der Waals surface area (Å²) >= 11 is 0. The Hall–Kier alpha value is -0.810. The SMILES string of the molecule is CON(C)C(=O)C1CC(C)C2C(O1)C(O)C1(C)C3CCC4C(C)(C)C(OC5CN(C6COC6)CCO5)CCC45CC35CCC21C. The van der Waals surface area contributed by atoms with E-state index in [1.807, 2.05) is 0 Å². The van der Waals surface area contributed by atoms with Gasteiger partial charge >= 0.3 is 0 Å². The van der Waals surface area contributed by atoms with Gasteiger partial charge in [-0.05, 0) is 96.7 Å². The largest absolute Gasteiger partial charge is 0.390 e. The molecular formula is C36H58N2O7. The van der Waals surface area contributed by atoms with E-state index in [9.17, 15) is 9.90 Å². The number of hydroxylamine groups is 2. The van der Waals surface area contributed by atoms with Gasteiger partial charge in [-0.2, -0.15) is 0 Å². The molecule has 1 amide bonds. The third kappa shape index (κ3) is 4.01. The molecule has 0 radical (unpaired) electrons. The first-order valence-corrected chi connectivity index (χ1v) is 18.1. The van der Waals surface area contributed by atoms with Crippen LogP contribution in [0.4, 0.5) is 0 Å². The van der Waals surface area contributed by atoms with Crippen LogP contribution in [0.5, 0.6) is 0 Å². The predicted octanol–water partition coefficient (Wildman–Crippen LogP) is 4.26. The van der Waals surface area contributed by atoms with Gasteiger partial charge in [-0.15, -0.1) is 0 Å². The number of carbonyl (C=O) groups is 1. The molecule has 9 nitrogen and oxygen atoms in total. The van der Waals surface area contributed by atoms with Crippen molar-refractivity contribution in [2.75, 3.05) is 47.1 Å². The molecule has 3 heterocycles. The van der Waals surface area contributed by atoms with Gasteiger partial charge in [0.05, 0.1) is 57.8 Å². The fraction of sp³-hybridized carbons (Fsp3) is 0.972. The first-order chi connectivity index (χ1) is 21.3. The number of rotatable bonds is 5. The van der Waals surface area contributed by atoms with Crippen LogP contribution in [0, 0.1) is 50.7 Å². The van der Waals surface area contributed by atoms with Crippen LogP contribution >= 0.6 is 0 Å². The van der Waals surface area contributed by atoms with Gasteiger partial charge in [-0.1, -0.05) is 34.6 Å². The standard InChI is InChI=1S/C36H58N2O7/c1-21-16-23(31(40)37(6)41-7)44-29-28(21)33(4)12-13-36-20-35(36)11-10-26(45-27-17-38(14-15-43-27)22-18-42-19-22)32(2,3)24(35)8-9-25(36)34(33,5)30(29)39/h21-30,39H,8-20H2,1-7H3. The number of nitrogens with zero attached hydrogens (tertiary/aromatic N) is 2. The number of fused-ring (bicyclic) bond motifs is 4. The van der Waals surface area contributed by atoms with E-state index in [1.54, 1.807) is 7.05 Å². The molecule has 0 bridgehead atoms. The van der Waals surface area contributed by atoms with Gasteiger partial charge in [-0.3, -0.25) is 14.5 Å². The van der Waals surface area contributed by atoms with E-state index in [-0.39, 0.29) is 52.0 Å². The molecule has 5 saturated carbocycles. The van der Waals surface area contributed by atoms with Gasteiger partial charge in [-0.25, -0.2) is 5.06 Å². The molecule has 13 unspecified atom stereocenters. The van der Waals surface area contributed by atoms with Crippen LogP contribution in [0.2, 0.25) is 0 Å². The average molecular weight is 631 g/mol. The topological polar surface area (TPSA) is 89.9 Å². The smallest absolute Gasteiger partial charge is 0.274 e. The minimum atomic E-state index is -0.574. The van der Waals surface area contributed by atoms with Gasteiger partial charge in [0.15, 0.2) is 6.29 Å². The van der Waals surface area contributed by atoms with Crippen LogP contribution < -0.4 is 0 Å². The number of aliphatic hydroxyl groups is 1. The van der Waals surface area contributed by atoms with Gasteiger partial charge in [0.1, 0.15) is 6.10 Å². The van der Waals surface area contributed by atoms with Gasteiger partial charge in [0.25, 0.3) is 5.91 Å². The van der Waals surface area contributed by atoms with Crippen molar-refractivity contribution in [2.24, 2.45) is 50.7 Å². The zero-order chi connectivity index (χ0) is 31.7. The second kappa shape index (κ2) is 10.3. The van der Waals surface area contributed by atoms with Crippen molar-refractivity contribution in [1.82, 2.24) is 9.96 Å². The highest BCUT2D eigenvalue weighted by Gasteiger charge is 2.84. The normalized spacial score (nSPS) is 53.6. The summed E-state index contributed by atoms with van der Waals surface area (Å²) in [4.78, 5) is 20.8. The van der Waals surface area contributed by atoms with Gasteiger partial charge in [0, 0.05) is 19.0 Å². The first-order valence-electron chi connectivity index (χ1n) is 18.1. The summed E-state index contributed by atoms with van der Waals surface area (Å²) < 4.78 is 25.2. The summed E-state index contributed by atoms with van der Waals surface area (Å²) in [6.07, 6.45) is 7.61. The number of amides is 1. The zero-order valence-corrected chi connectivity index (χ0v) is 28.8. The number of hydrogen-bond donors (Lipinski definition) is 1. The van der Waals surface area contributed by atoms with Crippen molar-refractivity contribution in [3.8, 4) is 0 Å². The van der Waals surface area contributed by atoms with Crippen molar-refractivity contribution in [1.29, 1.82) is 0 Å². The maximum absolute atomic E-state index is 13.1. The van der Waals surface area contributed by atoms with E-state index in [4.69, 9.17) is 23.8 Å². The highest BCUT2D eigenvalue weighted by Crippen LogP contribution is 2.89. The monoisotopic (exact) mass is 630 g/mol. The molecule has 3 aliphatic heterocycles. The Bertz CT molecular complexity index is 1200. The van der Waals surface area contributed by atoms with Crippen LogP contribution in [0.25, 0.3) is 0 Å². The van der Waals surface area contributed by atoms with E-state index < -0.39 is 12.2 Å². The second-order valence-corrected chi connectivity index (χ2v) is 17.6. The van der Waals surface area contributed by atoms with Crippen molar-refractivity contribution in [2.45, 2.75) is 123 Å². The van der Waals surface area contributed by atoms with E-state index in [2.05, 4.69) is 39.5 Å². The highest BCUT2D eigenvalue weighted by molar-refractivity contribution is 5.79. The number of carbonyl (C=O) groups excluding carboxylic acids is 1. The molecular weight excluding hydrogens is 572 g/mol. The Labute approximate surface area is 269 Å². The lowest BCUT2D eigenvalue weighted by Crippen LogP contribution is -2.60. The molecule has 0 aromatic carbocycles. The molecule has 45 heavy (non-hydrogen) atoms. The van der Waals surface area contributed by atoms with Crippen molar-refractivity contribution < 1.29 is 33.7 Å². The Morgan fingerprint density at radius 2 is 1.76 bits per heavy atom. The number of aliphatic hydroxyl groups excluding tert-OH is 1. The predicted molar refractivity (Wildman–Crippen MR) is 167 cm³/mol. The summed E-state index contributed by atoms with van der Waals surface area (Å²) in [5.74, 6) is 1.49. The molecule has 0 aromatic heterocycles. The summed E-state index contributed by atoms with van der Waals surface area (Å²) in [6.45, 7) is 16.3. The Kier molecular flexibility index (Phi) is 7.23. The second-order valence-electron chi connectivity index (χ2n) is 17.6. The fourth-order valence-electron chi connectivity index (χ4n) is 13.6. The molecule has 8 rings (SSSR count). The minimum absolute atomic E-state index is 0.0181. The summed E-state index contributed by atoms with van der Waals surface area (Å²) in [7, 11) is 3.16. The van der Waals surface area contributed by atoms with Crippen LogP contribution in [0.15, 0.2) is 0 Å². The molecule has 9 heteroatoms. The third-order valence-electron chi connectivity index (χ3n) is 16.1. The van der Waals surface area contributed by atoms with E-state index in [1.165, 1.54) is 37.9 Å². The van der Waals surface area contributed by atoms with Crippen LogP contribution in [-0.4, -0.2) is 105 Å². The lowest BCUT2D eigenvalue weighted by Gasteiger charge is -2.64. The highest BCUT2D eigenvalue weighted by atomic mass is 16.7. The van der Waals surface area contributed by atoms with Crippen LogP contribution in [-0.2, 0) is 28.6 Å². The van der Waals surface area contributed by atoms with Gasteiger partial charge < -0.3 is 24.1 Å². The van der Waals surface area contributed by atoms with Crippen molar-refractivity contribution in [3.63, 3.8) is 0 Å². The number of morpholine rings is 1. The first kappa shape index (κ1) is 31.5. The summed E-state index contributed by atoms with van der Waals surface area (Å²) in [5, 5.41) is 13.7. The van der Waals surface area contributed by atoms with Crippen LogP contribution in [0.3, 0.4) is 0 Å². The molecule has 8 fully saturated rings. The molecule has 0 aromatic rings. The molecule has 2 spiro atoms. The average Bonchev–Trinajstić information content (AvgIpc) is 3.62. The zero-order valence-electron chi connectivity index (χ0n) is 28.8. The number of likely N-dealkylation sites (N-methyl/N-ethyl adjacent to an activating group) is 1. The lowest BCUT2D eigenvalue weighted by atomic mass is 9.41. The molecule has 13 atom stereocenters. The quantitative estimate of drug-likeness (QED) is 0.451. The Balaban J connectivity index is 1.03. The Morgan fingerprint density at radius 1 is 1.02 bits per heavy atom. The molecule has 5 aliphatic carbocycles. The van der Waals surface area contributed by atoms with Crippen molar-refractivity contribution >= 4 is 5.91 Å². The lowest BCUT2D eigenvalue weighted by molar-refractivity contribution is -0.256.